The smallest absolute Gasteiger partial charge is 0.220 e. The van der Waals surface area contributed by atoms with Crippen molar-refractivity contribution < 1.29 is 4.74 Å². The fraction of sp³-hybridized carbons (Fsp3) is 0.143. The van der Waals surface area contributed by atoms with Gasteiger partial charge in [-0.2, -0.15) is 5.26 Å². The highest BCUT2D eigenvalue weighted by Gasteiger charge is 2.06. The second-order valence-electron chi connectivity index (χ2n) is 3.76. The van der Waals surface area contributed by atoms with Crippen LogP contribution in [0.15, 0.2) is 36.4 Å². The van der Waals surface area contributed by atoms with Gasteiger partial charge < -0.3 is 10.5 Å². The van der Waals surface area contributed by atoms with Gasteiger partial charge in [-0.3, -0.25) is 0 Å². The van der Waals surface area contributed by atoms with E-state index in [0.717, 1.165) is 17.7 Å². The molecule has 0 aliphatic carbocycles. The molecule has 0 radical (unpaired) electrons. The summed E-state index contributed by atoms with van der Waals surface area (Å²) in [4.78, 5) is 4.05. The Morgan fingerprint density at radius 1 is 1.28 bits per heavy atom. The largest absolute Gasteiger partial charge is 0.439 e. The molecule has 90 valence electrons. The van der Waals surface area contributed by atoms with Crippen molar-refractivity contribution in [3.63, 3.8) is 0 Å². The number of nitrogens with zero attached hydrogens (tertiary/aromatic N) is 2. The van der Waals surface area contributed by atoms with Crippen LogP contribution in [-0.4, -0.2) is 4.98 Å². The van der Waals surface area contributed by atoms with Crippen LogP contribution >= 0.6 is 0 Å². The molecule has 0 amide bonds. The van der Waals surface area contributed by atoms with Crippen LogP contribution in [0.4, 0.5) is 5.69 Å². The molecular formula is C14H13N3O. The van der Waals surface area contributed by atoms with Crippen LogP contribution < -0.4 is 10.5 Å². The molecule has 1 aromatic heterocycles. The molecule has 0 unspecified atom stereocenters. The predicted molar refractivity (Wildman–Crippen MR) is 69.3 cm³/mol. The lowest BCUT2D eigenvalue weighted by Gasteiger charge is -2.09. The molecule has 0 saturated carbocycles. The highest BCUT2D eigenvalue weighted by molar-refractivity contribution is 5.51. The number of aromatic nitrogens is 1. The van der Waals surface area contributed by atoms with Crippen molar-refractivity contribution in [3.8, 4) is 17.7 Å². The average Bonchev–Trinajstić information content (AvgIpc) is 2.41. The van der Waals surface area contributed by atoms with E-state index in [0.29, 0.717) is 11.6 Å². The molecule has 1 aromatic carbocycles. The number of aryl methyl sites for hydroxylation is 1. The van der Waals surface area contributed by atoms with Crippen molar-refractivity contribution in [1.29, 1.82) is 5.26 Å². The predicted octanol–water partition coefficient (Wildman–Crippen LogP) is 2.89. The first-order chi connectivity index (χ1) is 8.74. The topological polar surface area (TPSA) is 71.9 Å². The van der Waals surface area contributed by atoms with Gasteiger partial charge in [0.1, 0.15) is 11.8 Å². The maximum Gasteiger partial charge on any atom is 0.220 e. The molecule has 1 heterocycles. The Bertz CT molecular complexity index is 602. The molecule has 0 saturated heterocycles. The molecule has 0 atom stereocenters. The van der Waals surface area contributed by atoms with Crippen molar-refractivity contribution in [3.05, 3.63) is 47.7 Å². The van der Waals surface area contributed by atoms with Crippen LogP contribution in [0.5, 0.6) is 11.6 Å². The lowest BCUT2D eigenvalue weighted by atomic mass is 10.1. The van der Waals surface area contributed by atoms with Crippen LogP contribution in [0.2, 0.25) is 0 Å². The standard InChI is InChI=1S/C14H13N3O/c1-2-10-5-3-4-6-13(10)18-14-8-7-11(16)12(9-15)17-14/h3-8H,2,16H2,1H3. The van der Waals surface area contributed by atoms with Gasteiger partial charge in [0, 0.05) is 6.07 Å². The molecule has 4 nitrogen and oxygen atoms in total. The van der Waals surface area contributed by atoms with Crippen molar-refractivity contribution in [1.82, 2.24) is 4.98 Å². The molecule has 2 rings (SSSR count). The number of hydrogen-bond acceptors (Lipinski definition) is 4. The van der Waals surface area contributed by atoms with Crippen molar-refractivity contribution >= 4 is 5.69 Å². The number of rotatable bonds is 3. The Hall–Kier alpha value is -2.54. The van der Waals surface area contributed by atoms with Gasteiger partial charge in [-0.25, -0.2) is 4.98 Å². The van der Waals surface area contributed by atoms with Crippen molar-refractivity contribution in [2.45, 2.75) is 13.3 Å². The number of pyridine rings is 1. The fourth-order valence-corrected chi connectivity index (χ4v) is 1.61. The summed E-state index contributed by atoms with van der Waals surface area (Å²) in [5.41, 5.74) is 7.24. The van der Waals surface area contributed by atoms with E-state index in [1.807, 2.05) is 30.3 Å². The summed E-state index contributed by atoms with van der Waals surface area (Å²) in [5.74, 6) is 1.13. The summed E-state index contributed by atoms with van der Waals surface area (Å²) in [6.07, 6.45) is 0.871. The lowest BCUT2D eigenvalue weighted by Crippen LogP contribution is -1.97. The molecule has 0 spiro atoms. The molecule has 0 aliphatic rings. The number of para-hydroxylation sites is 1. The summed E-state index contributed by atoms with van der Waals surface area (Å²) < 4.78 is 5.68. The third kappa shape index (κ3) is 2.41. The Kier molecular flexibility index (Phi) is 3.44. The van der Waals surface area contributed by atoms with Crippen molar-refractivity contribution in [2.24, 2.45) is 0 Å². The molecule has 0 fully saturated rings. The minimum atomic E-state index is 0.182. The van der Waals surface area contributed by atoms with Gasteiger partial charge in [-0.05, 0) is 24.1 Å². The van der Waals surface area contributed by atoms with E-state index >= 15 is 0 Å². The van der Waals surface area contributed by atoms with Gasteiger partial charge in [-0.15, -0.1) is 0 Å². The highest BCUT2D eigenvalue weighted by atomic mass is 16.5. The molecular weight excluding hydrogens is 226 g/mol. The lowest BCUT2D eigenvalue weighted by molar-refractivity contribution is 0.457. The quantitative estimate of drug-likeness (QED) is 0.893. The maximum atomic E-state index is 8.86. The summed E-state index contributed by atoms with van der Waals surface area (Å²) in [5, 5.41) is 8.86. The Morgan fingerprint density at radius 2 is 2.06 bits per heavy atom. The zero-order chi connectivity index (χ0) is 13.0. The third-order valence-corrected chi connectivity index (χ3v) is 2.57. The van der Waals surface area contributed by atoms with E-state index in [9.17, 15) is 0 Å². The van der Waals surface area contributed by atoms with Gasteiger partial charge in [0.25, 0.3) is 0 Å². The van der Waals surface area contributed by atoms with Crippen molar-refractivity contribution in [2.75, 3.05) is 5.73 Å². The fourth-order valence-electron chi connectivity index (χ4n) is 1.61. The van der Waals surface area contributed by atoms with Gasteiger partial charge in [-0.1, -0.05) is 25.1 Å². The minimum Gasteiger partial charge on any atom is -0.439 e. The zero-order valence-electron chi connectivity index (χ0n) is 10.1. The van der Waals surface area contributed by atoms with E-state index in [1.165, 1.54) is 0 Å². The molecule has 0 aliphatic heterocycles. The van der Waals surface area contributed by atoms with Gasteiger partial charge in [0.15, 0.2) is 5.69 Å². The number of ether oxygens (including phenoxy) is 1. The number of hydrogen-bond donors (Lipinski definition) is 1. The minimum absolute atomic E-state index is 0.182. The van der Waals surface area contributed by atoms with Crippen LogP contribution in [0, 0.1) is 11.3 Å². The summed E-state index contributed by atoms with van der Waals surface area (Å²) in [6, 6.07) is 12.9. The number of nitrogen functional groups attached to an aromatic ring is 1. The summed E-state index contributed by atoms with van der Waals surface area (Å²) in [6.45, 7) is 2.05. The first-order valence-electron chi connectivity index (χ1n) is 5.67. The number of benzene rings is 1. The second-order valence-corrected chi connectivity index (χ2v) is 3.76. The summed E-state index contributed by atoms with van der Waals surface area (Å²) in [7, 11) is 0. The second kappa shape index (κ2) is 5.19. The first kappa shape index (κ1) is 11.9. The van der Waals surface area contributed by atoms with E-state index in [4.69, 9.17) is 15.7 Å². The van der Waals surface area contributed by atoms with Crippen LogP contribution in [0.25, 0.3) is 0 Å². The monoisotopic (exact) mass is 239 g/mol. The van der Waals surface area contributed by atoms with Crippen LogP contribution in [-0.2, 0) is 6.42 Å². The molecule has 2 N–H and O–H groups in total. The maximum absolute atomic E-state index is 8.86. The van der Waals surface area contributed by atoms with Gasteiger partial charge in [0.05, 0.1) is 5.69 Å². The van der Waals surface area contributed by atoms with E-state index in [2.05, 4.69) is 11.9 Å². The average molecular weight is 239 g/mol. The van der Waals surface area contributed by atoms with Crippen LogP contribution in [0.3, 0.4) is 0 Å². The van der Waals surface area contributed by atoms with Gasteiger partial charge >= 0.3 is 0 Å². The first-order valence-corrected chi connectivity index (χ1v) is 5.67. The van der Waals surface area contributed by atoms with E-state index in [1.54, 1.807) is 12.1 Å². The Balaban J connectivity index is 2.32. The van der Waals surface area contributed by atoms with Crippen LogP contribution in [0.1, 0.15) is 18.2 Å². The number of nitrogens with two attached hydrogens (primary N) is 1. The Morgan fingerprint density at radius 3 is 2.78 bits per heavy atom. The normalized spacial score (nSPS) is 9.78. The zero-order valence-corrected chi connectivity index (χ0v) is 10.1. The number of nitriles is 1. The molecule has 4 heteroatoms. The number of anilines is 1. The highest BCUT2D eigenvalue weighted by Crippen LogP contribution is 2.25. The molecule has 2 aromatic rings. The Labute approximate surface area is 106 Å². The SMILES string of the molecule is CCc1ccccc1Oc1ccc(N)c(C#N)n1. The summed E-state index contributed by atoms with van der Waals surface area (Å²) >= 11 is 0. The van der Waals surface area contributed by atoms with E-state index in [-0.39, 0.29) is 5.69 Å². The van der Waals surface area contributed by atoms with Gasteiger partial charge in [0.2, 0.25) is 5.88 Å². The molecule has 18 heavy (non-hydrogen) atoms. The molecule has 0 bridgehead atoms. The van der Waals surface area contributed by atoms with E-state index < -0.39 is 0 Å². The third-order valence-electron chi connectivity index (χ3n) is 2.57.